The van der Waals surface area contributed by atoms with Gasteiger partial charge in [0.1, 0.15) is 18.4 Å². The first-order valence-electron chi connectivity index (χ1n) is 11.2. The predicted octanol–water partition coefficient (Wildman–Crippen LogP) is 3.93. The summed E-state index contributed by atoms with van der Waals surface area (Å²) in [6.45, 7) is 4.83. The fourth-order valence-electron chi connectivity index (χ4n) is 3.24. The maximum Gasteiger partial charge on any atom is 0.304 e. The van der Waals surface area contributed by atoms with E-state index < -0.39 is 40.4 Å². The normalized spacial score (nSPS) is 12.5. The molecule has 0 aliphatic rings. The van der Waals surface area contributed by atoms with Crippen LogP contribution in [0.3, 0.4) is 0 Å². The molecule has 2 amide bonds. The molecule has 2 aromatic carbocycles. The number of anilines is 1. The number of nitrogens with one attached hydrogen (secondary N) is 1. The van der Waals surface area contributed by atoms with E-state index >= 15 is 0 Å². The van der Waals surface area contributed by atoms with Gasteiger partial charge in [-0.25, -0.2) is 8.70 Å². The van der Waals surface area contributed by atoms with E-state index in [1.54, 1.807) is 18.2 Å². The van der Waals surface area contributed by atoms with Gasteiger partial charge in [0.15, 0.2) is 0 Å². The van der Waals surface area contributed by atoms with E-state index in [-0.39, 0.29) is 28.2 Å². The van der Waals surface area contributed by atoms with Crippen LogP contribution in [-0.2, 0) is 26.3 Å². The van der Waals surface area contributed by atoms with Gasteiger partial charge in [0.05, 0.1) is 5.69 Å². The monoisotopic (exact) mass is 560 g/mol. The van der Waals surface area contributed by atoms with Gasteiger partial charge in [0.25, 0.3) is 0 Å². The van der Waals surface area contributed by atoms with Gasteiger partial charge in [0.2, 0.25) is 11.8 Å². The van der Waals surface area contributed by atoms with Gasteiger partial charge in [-0.2, -0.15) is 12.7 Å². The van der Waals surface area contributed by atoms with Gasteiger partial charge in [-0.05, 0) is 37.1 Å². The molecule has 0 heterocycles. The number of nitrogens with zero attached hydrogens (tertiary/aromatic N) is 3. The second kappa shape index (κ2) is 12.7. The highest BCUT2D eigenvalue weighted by Crippen LogP contribution is 2.28. The molecule has 0 aliphatic carbocycles. The van der Waals surface area contributed by atoms with Crippen LogP contribution >= 0.6 is 23.2 Å². The Morgan fingerprint density at radius 3 is 2.11 bits per heavy atom. The molecule has 0 radical (unpaired) electrons. The zero-order valence-corrected chi connectivity index (χ0v) is 23.2. The molecule has 2 rings (SSSR count). The number of hydrogen-bond acceptors (Lipinski definition) is 4. The molecular weight excluding hydrogens is 530 g/mol. The number of amides is 2. The van der Waals surface area contributed by atoms with Crippen LogP contribution in [-0.4, -0.2) is 62.7 Å². The van der Waals surface area contributed by atoms with Crippen LogP contribution in [0.2, 0.25) is 10.0 Å². The van der Waals surface area contributed by atoms with Gasteiger partial charge >= 0.3 is 10.2 Å². The zero-order valence-electron chi connectivity index (χ0n) is 20.8. The third-order valence-electron chi connectivity index (χ3n) is 5.38. The van der Waals surface area contributed by atoms with Crippen molar-refractivity contribution in [1.29, 1.82) is 0 Å². The molecule has 0 bridgehead atoms. The number of carbonyl (C=O) groups excluding carboxylic acids is 2. The Morgan fingerprint density at radius 1 is 1.00 bits per heavy atom. The molecule has 0 aromatic heterocycles. The topological polar surface area (TPSA) is 90.0 Å². The van der Waals surface area contributed by atoms with Crippen molar-refractivity contribution in [3.63, 3.8) is 0 Å². The van der Waals surface area contributed by atoms with Gasteiger partial charge in [-0.3, -0.25) is 9.59 Å². The fourth-order valence-corrected chi connectivity index (χ4v) is 4.83. The SMILES string of the molecule is CC(C)CNC(=O)[C@H](C)N(Cc1c(Cl)cccc1Cl)C(=O)CN(c1ccccc1F)S(=O)(=O)N(C)C. The molecule has 1 atom stereocenters. The summed E-state index contributed by atoms with van der Waals surface area (Å²) < 4.78 is 42.4. The third-order valence-corrected chi connectivity index (χ3v) is 7.90. The highest BCUT2D eigenvalue weighted by molar-refractivity contribution is 7.90. The van der Waals surface area contributed by atoms with Crippen molar-refractivity contribution in [3.05, 3.63) is 63.9 Å². The van der Waals surface area contributed by atoms with Gasteiger partial charge in [-0.15, -0.1) is 0 Å². The summed E-state index contributed by atoms with van der Waals surface area (Å²) in [6.07, 6.45) is 0. The molecule has 12 heteroatoms. The zero-order chi connectivity index (χ0) is 27.2. The summed E-state index contributed by atoms with van der Waals surface area (Å²) in [6, 6.07) is 9.06. The number of halogens is 3. The second-order valence-corrected chi connectivity index (χ2v) is 11.7. The molecule has 8 nitrogen and oxygen atoms in total. The fraction of sp³-hybridized carbons (Fsp3) is 0.417. The minimum Gasteiger partial charge on any atom is -0.354 e. The lowest BCUT2D eigenvalue weighted by Crippen LogP contribution is -2.52. The second-order valence-electron chi connectivity index (χ2n) is 8.79. The van der Waals surface area contributed by atoms with Crippen LogP contribution in [0.5, 0.6) is 0 Å². The number of rotatable bonds is 11. The number of benzene rings is 2. The van der Waals surface area contributed by atoms with Crippen molar-refractivity contribution in [1.82, 2.24) is 14.5 Å². The average Bonchev–Trinajstić information content (AvgIpc) is 2.80. The molecular formula is C24H31Cl2FN4O4S. The van der Waals surface area contributed by atoms with Crippen LogP contribution in [0.25, 0.3) is 0 Å². The Bertz CT molecular complexity index is 1170. The molecule has 0 unspecified atom stereocenters. The molecule has 0 aliphatic heterocycles. The summed E-state index contributed by atoms with van der Waals surface area (Å²) in [5.74, 6) is -1.83. The molecule has 0 spiro atoms. The maximum atomic E-state index is 14.7. The number of para-hydroxylation sites is 1. The van der Waals surface area contributed by atoms with E-state index in [2.05, 4.69) is 5.32 Å². The van der Waals surface area contributed by atoms with E-state index in [9.17, 15) is 22.4 Å². The summed E-state index contributed by atoms with van der Waals surface area (Å²) in [5.41, 5.74) is 0.0952. The lowest BCUT2D eigenvalue weighted by atomic mass is 10.1. The van der Waals surface area contributed by atoms with Crippen LogP contribution in [0, 0.1) is 11.7 Å². The van der Waals surface area contributed by atoms with Crippen molar-refractivity contribution in [2.45, 2.75) is 33.4 Å². The lowest BCUT2D eigenvalue weighted by molar-refractivity contribution is -0.139. The van der Waals surface area contributed by atoms with Crippen LogP contribution in [0.4, 0.5) is 10.1 Å². The molecule has 1 N–H and O–H groups in total. The van der Waals surface area contributed by atoms with Gasteiger partial charge in [0, 0.05) is 42.8 Å². The number of carbonyl (C=O) groups is 2. The first-order chi connectivity index (χ1) is 16.8. The highest BCUT2D eigenvalue weighted by Gasteiger charge is 2.34. The van der Waals surface area contributed by atoms with Crippen molar-refractivity contribution in [2.24, 2.45) is 5.92 Å². The largest absolute Gasteiger partial charge is 0.354 e. The lowest BCUT2D eigenvalue weighted by Gasteiger charge is -2.33. The average molecular weight is 562 g/mol. The van der Waals surface area contributed by atoms with Crippen LogP contribution in [0.15, 0.2) is 42.5 Å². The Kier molecular flexibility index (Phi) is 10.5. The molecule has 198 valence electrons. The predicted molar refractivity (Wildman–Crippen MR) is 141 cm³/mol. The van der Waals surface area contributed by atoms with E-state index in [1.807, 2.05) is 13.8 Å². The first kappa shape index (κ1) is 29.8. The molecule has 36 heavy (non-hydrogen) atoms. The van der Waals surface area contributed by atoms with Crippen LogP contribution < -0.4 is 9.62 Å². The van der Waals surface area contributed by atoms with Crippen molar-refractivity contribution < 1.29 is 22.4 Å². The van der Waals surface area contributed by atoms with E-state index in [0.717, 1.165) is 10.4 Å². The Balaban J connectivity index is 2.51. The first-order valence-corrected chi connectivity index (χ1v) is 13.4. The maximum absolute atomic E-state index is 14.7. The standard InChI is InChI=1S/C24H31Cl2FN4O4S/c1-16(2)13-28-24(33)17(3)30(14-18-19(25)9-8-10-20(18)26)23(32)15-31(36(34,35)29(4)5)22-12-7-6-11-21(22)27/h6-12,16-17H,13-15H2,1-5H3,(H,28,33)/t17-/m0/s1. The minimum absolute atomic E-state index is 0.166. The highest BCUT2D eigenvalue weighted by atomic mass is 35.5. The van der Waals surface area contributed by atoms with E-state index in [1.165, 1.54) is 44.1 Å². The van der Waals surface area contributed by atoms with Gasteiger partial charge in [-0.1, -0.05) is 55.2 Å². The Labute approximate surface area is 222 Å². The minimum atomic E-state index is -4.27. The molecule has 0 saturated heterocycles. The van der Waals surface area contributed by atoms with Crippen LogP contribution in [0.1, 0.15) is 26.3 Å². The van der Waals surface area contributed by atoms with E-state index in [0.29, 0.717) is 16.4 Å². The molecule has 0 fully saturated rings. The molecule has 0 saturated carbocycles. The smallest absolute Gasteiger partial charge is 0.304 e. The van der Waals surface area contributed by atoms with Gasteiger partial charge < -0.3 is 10.2 Å². The van der Waals surface area contributed by atoms with E-state index in [4.69, 9.17) is 23.2 Å². The van der Waals surface area contributed by atoms with Crippen molar-refractivity contribution in [3.8, 4) is 0 Å². The summed E-state index contributed by atoms with van der Waals surface area (Å²) in [7, 11) is -1.72. The van der Waals surface area contributed by atoms with Crippen molar-refractivity contribution in [2.75, 3.05) is 31.5 Å². The Hall–Kier alpha value is -2.40. The third kappa shape index (κ3) is 7.32. The quantitative estimate of drug-likeness (QED) is 0.450. The number of hydrogen-bond donors (Lipinski definition) is 1. The summed E-state index contributed by atoms with van der Waals surface area (Å²) in [5, 5.41) is 3.34. The Morgan fingerprint density at radius 2 is 1.58 bits per heavy atom. The summed E-state index contributed by atoms with van der Waals surface area (Å²) in [4.78, 5) is 27.7. The molecule has 2 aromatic rings. The summed E-state index contributed by atoms with van der Waals surface area (Å²) >= 11 is 12.6. The van der Waals surface area contributed by atoms with Crippen molar-refractivity contribution >= 4 is 50.9 Å².